The van der Waals surface area contributed by atoms with Crippen LogP contribution in [0.25, 0.3) is 0 Å². The second-order valence-electron chi connectivity index (χ2n) is 6.25. The average Bonchev–Trinajstić information content (AvgIpc) is 2.62. The van der Waals surface area contributed by atoms with E-state index in [9.17, 15) is 9.59 Å². The molecule has 140 valence electrons. The van der Waals surface area contributed by atoms with Crippen molar-refractivity contribution >= 4 is 24.2 Å². The van der Waals surface area contributed by atoms with E-state index in [-0.39, 0.29) is 24.2 Å². The molecule has 1 heterocycles. The average molecular weight is 370 g/mol. The van der Waals surface area contributed by atoms with Crippen molar-refractivity contribution < 1.29 is 14.3 Å². The van der Waals surface area contributed by atoms with Crippen molar-refractivity contribution in [1.82, 2.24) is 16.0 Å². The third-order valence-electron chi connectivity index (χ3n) is 4.58. The van der Waals surface area contributed by atoms with Gasteiger partial charge < -0.3 is 20.7 Å². The maximum Gasteiger partial charge on any atom is 0.251 e. The molecule has 7 heteroatoms. The molecule has 1 aliphatic heterocycles. The van der Waals surface area contributed by atoms with Gasteiger partial charge >= 0.3 is 0 Å². The summed E-state index contributed by atoms with van der Waals surface area (Å²) < 4.78 is 5.29. The van der Waals surface area contributed by atoms with Crippen molar-refractivity contribution in [1.29, 1.82) is 0 Å². The van der Waals surface area contributed by atoms with Crippen LogP contribution in [-0.2, 0) is 16.0 Å². The molecule has 1 fully saturated rings. The fourth-order valence-electron chi connectivity index (χ4n) is 3.14. The lowest BCUT2D eigenvalue weighted by atomic mass is 9.78. The number of halogens is 1. The second-order valence-corrected chi connectivity index (χ2v) is 6.25. The van der Waals surface area contributed by atoms with Gasteiger partial charge in [0, 0.05) is 26.3 Å². The van der Waals surface area contributed by atoms with Gasteiger partial charge in [0.2, 0.25) is 5.91 Å². The van der Waals surface area contributed by atoms with Crippen molar-refractivity contribution in [3.8, 4) is 0 Å². The van der Waals surface area contributed by atoms with Crippen molar-refractivity contribution in [2.24, 2.45) is 5.41 Å². The lowest BCUT2D eigenvalue weighted by Crippen LogP contribution is -2.50. The van der Waals surface area contributed by atoms with Crippen molar-refractivity contribution in [3.05, 3.63) is 35.4 Å². The first kappa shape index (κ1) is 21.4. The molecule has 3 N–H and O–H groups in total. The lowest BCUT2D eigenvalue weighted by Gasteiger charge is -2.35. The smallest absolute Gasteiger partial charge is 0.251 e. The van der Waals surface area contributed by atoms with Gasteiger partial charge in [0.05, 0.1) is 12.0 Å². The first-order valence-corrected chi connectivity index (χ1v) is 8.40. The maximum absolute atomic E-state index is 12.6. The molecule has 0 bridgehead atoms. The lowest BCUT2D eigenvalue weighted by molar-refractivity contribution is -0.136. The molecular formula is C18H28ClN3O3. The van der Waals surface area contributed by atoms with E-state index < -0.39 is 5.41 Å². The molecule has 0 atom stereocenters. The summed E-state index contributed by atoms with van der Waals surface area (Å²) in [4.78, 5) is 24.3. The molecule has 0 radical (unpaired) electrons. The molecule has 6 nitrogen and oxygen atoms in total. The molecule has 2 amide bonds. The van der Waals surface area contributed by atoms with Crippen molar-refractivity contribution in [2.75, 3.05) is 40.4 Å². The highest BCUT2D eigenvalue weighted by atomic mass is 35.5. The summed E-state index contributed by atoms with van der Waals surface area (Å²) in [6, 6.07) is 7.47. The van der Waals surface area contributed by atoms with Gasteiger partial charge in [0.15, 0.2) is 0 Å². The first-order valence-electron chi connectivity index (χ1n) is 8.40. The first-order chi connectivity index (χ1) is 11.6. The largest absolute Gasteiger partial charge is 0.384 e. The fourth-order valence-corrected chi connectivity index (χ4v) is 3.14. The molecule has 0 aromatic heterocycles. The number of hydrogen-bond acceptors (Lipinski definition) is 4. The van der Waals surface area contributed by atoms with Crippen LogP contribution in [0.1, 0.15) is 28.8 Å². The van der Waals surface area contributed by atoms with Gasteiger partial charge in [0.25, 0.3) is 5.91 Å². The topological polar surface area (TPSA) is 79.5 Å². The van der Waals surface area contributed by atoms with Crippen LogP contribution in [0.2, 0.25) is 0 Å². The number of rotatable bonds is 7. The predicted molar refractivity (Wildman–Crippen MR) is 100 cm³/mol. The molecular weight excluding hydrogens is 342 g/mol. The van der Waals surface area contributed by atoms with Gasteiger partial charge in [-0.1, -0.05) is 12.1 Å². The number of piperidine rings is 1. The van der Waals surface area contributed by atoms with E-state index >= 15 is 0 Å². The predicted octanol–water partition coefficient (Wildman–Crippen LogP) is 1.14. The highest BCUT2D eigenvalue weighted by Gasteiger charge is 2.39. The molecule has 1 aromatic carbocycles. The van der Waals surface area contributed by atoms with Crippen LogP contribution in [0.15, 0.2) is 24.3 Å². The van der Waals surface area contributed by atoms with Crippen LogP contribution in [0.5, 0.6) is 0 Å². The van der Waals surface area contributed by atoms with E-state index in [4.69, 9.17) is 4.74 Å². The molecule has 1 aromatic rings. The van der Waals surface area contributed by atoms with Crippen LogP contribution in [0, 0.1) is 5.41 Å². The van der Waals surface area contributed by atoms with E-state index in [2.05, 4.69) is 16.0 Å². The summed E-state index contributed by atoms with van der Waals surface area (Å²) in [7, 11) is 3.25. The van der Waals surface area contributed by atoms with E-state index in [1.165, 1.54) is 0 Å². The summed E-state index contributed by atoms with van der Waals surface area (Å²) in [6.07, 6.45) is 2.27. The Labute approximate surface area is 155 Å². The molecule has 0 aliphatic carbocycles. The molecule has 0 unspecified atom stereocenters. The normalized spacial score (nSPS) is 15.8. The van der Waals surface area contributed by atoms with Crippen LogP contribution >= 0.6 is 12.4 Å². The van der Waals surface area contributed by atoms with E-state index in [1.807, 2.05) is 18.2 Å². The Balaban J connectivity index is 0.00000312. The third-order valence-corrected chi connectivity index (χ3v) is 4.58. The van der Waals surface area contributed by atoms with E-state index in [0.717, 1.165) is 31.5 Å². The monoisotopic (exact) mass is 369 g/mol. The number of ether oxygens (including phenoxy) is 1. The third kappa shape index (κ3) is 5.70. The zero-order valence-electron chi connectivity index (χ0n) is 14.9. The minimum Gasteiger partial charge on any atom is -0.384 e. The highest BCUT2D eigenvalue weighted by molar-refractivity contribution is 5.94. The van der Waals surface area contributed by atoms with Gasteiger partial charge in [-0.2, -0.15) is 0 Å². The number of amides is 2. The van der Waals surface area contributed by atoms with Crippen LogP contribution in [0.4, 0.5) is 0 Å². The summed E-state index contributed by atoms with van der Waals surface area (Å²) in [5, 5.41) is 8.94. The Morgan fingerprint density at radius 3 is 2.64 bits per heavy atom. The molecule has 1 saturated heterocycles. The van der Waals surface area contributed by atoms with Gasteiger partial charge in [-0.05, 0) is 50.0 Å². The number of carbonyl (C=O) groups excluding carboxylic acids is 2. The molecule has 0 spiro atoms. The van der Waals surface area contributed by atoms with Crippen LogP contribution in [-0.4, -0.2) is 52.2 Å². The van der Waals surface area contributed by atoms with Crippen molar-refractivity contribution in [3.63, 3.8) is 0 Å². The molecule has 25 heavy (non-hydrogen) atoms. The number of carbonyl (C=O) groups is 2. The minimum absolute atomic E-state index is 0. The summed E-state index contributed by atoms with van der Waals surface area (Å²) in [5.41, 5.74) is 1.24. The Morgan fingerprint density at radius 2 is 2.00 bits per heavy atom. The summed E-state index contributed by atoms with van der Waals surface area (Å²) in [6.45, 7) is 2.68. The van der Waals surface area contributed by atoms with E-state index in [1.54, 1.807) is 20.2 Å². The SMILES string of the molecule is CNC(=O)c1cccc(CCNC(=O)C2(COC)CCNCC2)c1.Cl. The summed E-state index contributed by atoms with van der Waals surface area (Å²) >= 11 is 0. The second kappa shape index (κ2) is 10.4. The maximum atomic E-state index is 12.6. The number of nitrogens with one attached hydrogen (secondary N) is 3. The Kier molecular flexibility index (Phi) is 8.89. The zero-order valence-corrected chi connectivity index (χ0v) is 15.7. The van der Waals surface area contributed by atoms with Crippen molar-refractivity contribution in [2.45, 2.75) is 19.3 Å². The molecule has 0 saturated carbocycles. The number of methoxy groups -OCH3 is 1. The Hall–Kier alpha value is -1.63. The van der Waals surface area contributed by atoms with Gasteiger partial charge in [0.1, 0.15) is 0 Å². The van der Waals surface area contributed by atoms with Gasteiger partial charge in [-0.15, -0.1) is 12.4 Å². The highest BCUT2D eigenvalue weighted by Crippen LogP contribution is 2.29. The minimum atomic E-state index is -0.427. The van der Waals surface area contributed by atoms with E-state index in [0.29, 0.717) is 25.1 Å². The Bertz CT molecular complexity index is 569. The Morgan fingerprint density at radius 1 is 1.28 bits per heavy atom. The standard InChI is InChI=1S/C18H27N3O3.ClH/c1-19-16(22)15-5-3-4-14(12-15)6-9-21-17(23)18(13-24-2)7-10-20-11-8-18;/h3-5,12,20H,6-11,13H2,1-2H3,(H,19,22)(H,21,23);1H. The fraction of sp³-hybridized carbons (Fsp3) is 0.556. The van der Waals surface area contributed by atoms with Gasteiger partial charge in [-0.3, -0.25) is 9.59 Å². The van der Waals surface area contributed by atoms with Crippen LogP contribution < -0.4 is 16.0 Å². The molecule has 2 rings (SSSR count). The molecule has 1 aliphatic rings. The number of benzene rings is 1. The quantitative estimate of drug-likeness (QED) is 0.673. The number of hydrogen-bond donors (Lipinski definition) is 3. The summed E-state index contributed by atoms with van der Waals surface area (Å²) in [5.74, 6) is -0.0389. The zero-order chi connectivity index (χ0) is 17.4. The van der Waals surface area contributed by atoms with Crippen LogP contribution in [0.3, 0.4) is 0 Å². The van der Waals surface area contributed by atoms with Gasteiger partial charge in [-0.25, -0.2) is 0 Å².